The zero-order valence-electron chi connectivity index (χ0n) is 12.5. The molecule has 0 rings (SSSR count). The van der Waals surface area contributed by atoms with Crippen LogP contribution in [0.25, 0.3) is 0 Å². The average Bonchev–Trinajstić information content (AvgIpc) is 2.33. The number of hydrogen-bond acceptors (Lipinski definition) is 3. The maximum Gasteiger partial charge on any atom is 0.0618 e. The van der Waals surface area contributed by atoms with Gasteiger partial charge in [-0.25, -0.2) is 0 Å². The van der Waals surface area contributed by atoms with Crippen LogP contribution in [0.4, 0.5) is 0 Å². The molecule has 0 aromatic heterocycles. The molecule has 102 valence electrons. The normalized spacial score (nSPS) is 5.75. The van der Waals surface area contributed by atoms with Crippen LogP contribution in [0.1, 0.15) is 67.7 Å². The highest BCUT2D eigenvalue weighted by Gasteiger charge is 1.55. The van der Waals surface area contributed by atoms with E-state index in [0.29, 0.717) is 6.42 Å². The number of nitrogens with zero attached hydrogens (tertiary/aromatic N) is 1. The van der Waals surface area contributed by atoms with Gasteiger partial charge in [0, 0.05) is 13.0 Å². The van der Waals surface area contributed by atoms with Crippen molar-refractivity contribution in [1.29, 1.82) is 5.26 Å². The minimum absolute atomic E-state index is 0.250. The topological polar surface area (TPSA) is 70.0 Å². The van der Waals surface area contributed by atoms with E-state index in [1.807, 2.05) is 26.8 Å². The molecule has 0 saturated heterocycles. The SMILES string of the molecule is CC.CCC.CCC#N.CCCN.CCO. The quantitative estimate of drug-likeness (QED) is 0.726. The third-order valence-corrected chi connectivity index (χ3v) is 0.447. The van der Waals surface area contributed by atoms with E-state index in [0.717, 1.165) is 13.0 Å². The third kappa shape index (κ3) is 1040. The number of rotatable bonds is 1. The minimum atomic E-state index is 0.250. The molecule has 0 bridgehead atoms. The van der Waals surface area contributed by atoms with Gasteiger partial charge in [0.05, 0.1) is 6.07 Å². The lowest BCUT2D eigenvalue weighted by atomic mass is 10.5. The fraction of sp³-hybridized carbons (Fsp3) is 0.923. The zero-order chi connectivity index (χ0) is 14.2. The van der Waals surface area contributed by atoms with Gasteiger partial charge in [0.25, 0.3) is 0 Å². The summed E-state index contributed by atoms with van der Waals surface area (Å²) in [4.78, 5) is 0. The second kappa shape index (κ2) is 88.5. The molecule has 0 aliphatic heterocycles. The Kier molecular flexibility index (Phi) is 163. The van der Waals surface area contributed by atoms with E-state index >= 15 is 0 Å². The summed E-state index contributed by atoms with van der Waals surface area (Å²) >= 11 is 0. The van der Waals surface area contributed by atoms with Crippen LogP contribution < -0.4 is 5.73 Å². The zero-order valence-corrected chi connectivity index (χ0v) is 12.5. The van der Waals surface area contributed by atoms with Gasteiger partial charge >= 0.3 is 0 Å². The molecule has 0 amide bonds. The van der Waals surface area contributed by atoms with Crippen molar-refractivity contribution in [2.24, 2.45) is 5.73 Å². The summed E-state index contributed by atoms with van der Waals surface area (Å²) in [6.07, 6.45) is 2.97. The summed E-state index contributed by atoms with van der Waals surface area (Å²) in [5.74, 6) is 0. The highest BCUT2D eigenvalue weighted by molar-refractivity contribution is 4.61. The molecule has 0 aromatic rings. The van der Waals surface area contributed by atoms with E-state index in [2.05, 4.69) is 20.8 Å². The van der Waals surface area contributed by atoms with Crippen LogP contribution in [-0.4, -0.2) is 18.3 Å². The maximum absolute atomic E-state index is 7.62. The lowest BCUT2D eigenvalue weighted by molar-refractivity contribution is 0.318. The first-order valence-electron chi connectivity index (χ1n) is 6.34. The molecular weight excluding hydrogens is 200 g/mol. The fourth-order valence-corrected chi connectivity index (χ4v) is 0. The smallest absolute Gasteiger partial charge is 0.0618 e. The monoisotopic (exact) mass is 234 g/mol. The van der Waals surface area contributed by atoms with E-state index in [4.69, 9.17) is 16.1 Å². The lowest BCUT2D eigenvalue weighted by Crippen LogP contribution is -1.93. The predicted octanol–water partition coefficient (Wildman–Crippen LogP) is 3.72. The van der Waals surface area contributed by atoms with Crippen LogP contribution in [0.5, 0.6) is 0 Å². The molecule has 0 spiro atoms. The molecule has 0 aromatic carbocycles. The Labute approximate surface area is 104 Å². The van der Waals surface area contributed by atoms with Crippen molar-refractivity contribution < 1.29 is 5.11 Å². The maximum atomic E-state index is 7.62. The standard InChI is InChI=1S/C3H9N.C3H5N.C3H8.C2H6O.C2H6/c2*1-2-3-4;1-3-2;1-2-3;1-2/h2-4H2,1H3;2H2,1H3;3H2,1-2H3;3H,2H2,1H3;1-2H3. The molecule has 3 nitrogen and oxygen atoms in total. The summed E-state index contributed by atoms with van der Waals surface area (Å²) in [5, 5.41) is 15.2. The molecule has 0 heterocycles. The Bertz CT molecular complexity index is 76.5. The van der Waals surface area contributed by atoms with E-state index < -0.39 is 0 Å². The first-order valence-corrected chi connectivity index (χ1v) is 6.34. The van der Waals surface area contributed by atoms with E-state index in [9.17, 15) is 0 Å². The van der Waals surface area contributed by atoms with Crippen LogP contribution >= 0.6 is 0 Å². The van der Waals surface area contributed by atoms with Crippen molar-refractivity contribution >= 4 is 0 Å². The first kappa shape index (κ1) is 29.5. The third-order valence-electron chi connectivity index (χ3n) is 0.447. The van der Waals surface area contributed by atoms with Crippen molar-refractivity contribution in [2.75, 3.05) is 13.2 Å². The van der Waals surface area contributed by atoms with Gasteiger partial charge in [0.2, 0.25) is 0 Å². The van der Waals surface area contributed by atoms with Gasteiger partial charge in [-0.15, -0.1) is 0 Å². The molecule has 0 radical (unpaired) electrons. The molecule has 0 aliphatic rings. The number of hydrogen-bond donors (Lipinski definition) is 2. The Morgan fingerprint density at radius 3 is 1.19 bits per heavy atom. The highest BCUT2D eigenvalue weighted by Crippen LogP contribution is 1.58. The van der Waals surface area contributed by atoms with Crippen molar-refractivity contribution in [2.45, 2.75) is 67.7 Å². The van der Waals surface area contributed by atoms with E-state index in [1.165, 1.54) is 6.42 Å². The van der Waals surface area contributed by atoms with Gasteiger partial charge in [0.15, 0.2) is 0 Å². The predicted molar refractivity (Wildman–Crippen MR) is 75.3 cm³/mol. The molecule has 3 heteroatoms. The molecule has 16 heavy (non-hydrogen) atoms. The Morgan fingerprint density at radius 2 is 1.19 bits per heavy atom. The molecule has 0 unspecified atom stereocenters. The van der Waals surface area contributed by atoms with Crippen molar-refractivity contribution in [3.63, 3.8) is 0 Å². The number of aliphatic hydroxyl groups is 1. The minimum Gasteiger partial charge on any atom is -0.397 e. The Balaban J connectivity index is -0.0000000322. The van der Waals surface area contributed by atoms with Gasteiger partial charge in [-0.1, -0.05) is 48.0 Å². The molecular formula is C13H34N2O. The van der Waals surface area contributed by atoms with Gasteiger partial charge in [-0.05, 0) is 19.9 Å². The summed E-state index contributed by atoms with van der Waals surface area (Å²) in [6.45, 7) is 14.9. The summed E-state index contributed by atoms with van der Waals surface area (Å²) < 4.78 is 0. The van der Waals surface area contributed by atoms with E-state index in [-0.39, 0.29) is 6.61 Å². The van der Waals surface area contributed by atoms with Gasteiger partial charge in [-0.3, -0.25) is 0 Å². The molecule has 0 fully saturated rings. The van der Waals surface area contributed by atoms with Crippen molar-refractivity contribution in [1.82, 2.24) is 0 Å². The molecule has 0 atom stereocenters. The summed E-state index contributed by atoms with van der Waals surface area (Å²) in [5.41, 5.74) is 5.03. The van der Waals surface area contributed by atoms with Gasteiger partial charge in [-0.2, -0.15) is 5.26 Å². The Hall–Kier alpha value is -0.590. The average molecular weight is 234 g/mol. The van der Waals surface area contributed by atoms with Crippen LogP contribution in [-0.2, 0) is 0 Å². The van der Waals surface area contributed by atoms with E-state index in [1.54, 1.807) is 6.92 Å². The number of nitrogens with two attached hydrogens (primary N) is 1. The van der Waals surface area contributed by atoms with Gasteiger partial charge in [0.1, 0.15) is 0 Å². The lowest BCUT2D eigenvalue weighted by Gasteiger charge is -1.70. The summed E-state index contributed by atoms with van der Waals surface area (Å²) in [7, 11) is 0. The second-order valence-corrected chi connectivity index (χ2v) is 2.32. The van der Waals surface area contributed by atoms with Crippen LogP contribution in [0.3, 0.4) is 0 Å². The second-order valence-electron chi connectivity index (χ2n) is 2.32. The van der Waals surface area contributed by atoms with Crippen LogP contribution in [0, 0.1) is 11.3 Å². The molecule has 3 N–H and O–H groups in total. The largest absolute Gasteiger partial charge is 0.397 e. The first-order chi connectivity index (χ1) is 7.66. The highest BCUT2D eigenvalue weighted by atomic mass is 16.2. The molecule has 0 saturated carbocycles. The number of nitriles is 1. The fourth-order valence-electron chi connectivity index (χ4n) is 0. The Morgan fingerprint density at radius 1 is 1.06 bits per heavy atom. The van der Waals surface area contributed by atoms with Crippen molar-refractivity contribution in [3.05, 3.63) is 0 Å². The summed E-state index contributed by atoms with van der Waals surface area (Å²) in [6, 6.07) is 1.93. The molecule has 0 aliphatic carbocycles. The van der Waals surface area contributed by atoms with Gasteiger partial charge < -0.3 is 10.8 Å². The van der Waals surface area contributed by atoms with Crippen molar-refractivity contribution in [3.8, 4) is 6.07 Å². The van der Waals surface area contributed by atoms with Crippen LogP contribution in [0.2, 0.25) is 0 Å². The number of aliphatic hydroxyl groups excluding tert-OH is 1. The van der Waals surface area contributed by atoms with Crippen LogP contribution in [0.15, 0.2) is 0 Å².